The number of thioether (sulfide) groups is 1. The van der Waals surface area contributed by atoms with E-state index in [0.717, 1.165) is 4.88 Å². The van der Waals surface area contributed by atoms with Gasteiger partial charge < -0.3 is 9.84 Å². The Morgan fingerprint density at radius 2 is 2.41 bits per heavy atom. The number of thiophene rings is 1. The number of hydrogen-bond acceptors (Lipinski definition) is 7. The summed E-state index contributed by atoms with van der Waals surface area (Å²) in [4.78, 5) is 17.5. The van der Waals surface area contributed by atoms with Crippen molar-refractivity contribution >= 4 is 34.8 Å². The Balaban J connectivity index is 1.61. The Hall–Kier alpha value is -2.13. The molecule has 0 saturated heterocycles. The highest BCUT2D eigenvalue weighted by molar-refractivity contribution is 8.00. The summed E-state index contributed by atoms with van der Waals surface area (Å²) in [6.45, 7) is 3.55. The molecule has 0 radical (unpaired) electrons. The van der Waals surface area contributed by atoms with Gasteiger partial charge in [-0.1, -0.05) is 23.0 Å². The summed E-state index contributed by atoms with van der Waals surface area (Å²) in [5.74, 6) is 1.58. The van der Waals surface area contributed by atoms with Gasteiger partial charge in [-0.15, -0.1) is 16.4 Å². The minimum Gasteiger partial charge on any atom is -0.360 e. The SMILES string of the molecule is Cc1cc(NC(=O)[C@H](C)Sc2n[nH]c(-c3cccs3)n2)no1. The fraction of sp³-hybridized carbons (Fsp3) is 0.231. The number of H-pyrrole nitrogens is 1. The second-order valence-electron chi connectivity index (χ2n) is 4.52. The van der Waals surface area contributed by atoms with Crippen LogP contribution < -0.4 is 5.32 Å². The summed E-state index contributed by atoms with van der Waals surface area (Å²) in [6, 6.07) is 5.57. The lowest BCUT2D eigenvalue weighted by molar-refractivity contribution is -0.115. The predicted molar refractivity (Wildman–Crippen MR) is 84.9 cm³/mol. The van der Waals surface area contributed by atoms with Gasteiger partial charge in [0.1, 0.15) is 5.76 Å². The van der Waals surface area contributed by atoms with E-state index in [2.05, 4.69) is 25.7 Å². The molecular formula is C13H13N5O2S2. The molecule has 114 valence electrons. The summed E-state index contributed by atoms with van der Waals surface area (Å²) >= 11 is 2.85. The number of aryl methyl sites for hydroxylation is 1. The van der Waals surface area contributed by atoms with E-state index in [9.17, 15) is 4.79 Å². The highest BCUT2D eigenvalue weighted by Crippen LogP contribution is 2.25. The zero-order chi connectivity index (χ0) is 15.5. The van der Waals surface area contributed by atoms with Gasteiger partial charge in [-0.2, -0.15) is 0 Å². The Morgan fingerprint density at radius 3 is 3.09 bits per heavy atom. The molecular weight excluding hydrogens is 322 g/mol. The molecule has 0 aliphatic carbocycles. The fourth-order valence-corrected chi connectivity index (χ4v) is 3.08. The van der Waals surface area contributed by atoms with Gasteiger partial charge in [-0.25, -0.2) is 4.98 Å². The molecule has 2 N–H and O–H groups in total. The highest BCUT2D eigenvalue weighted by Gasteiger charge is 2.18. The topological polar surface area (TPSA) is 96.7 Å². The molecule has 22 heavy (non-hydrogen) atoms. The van der Waals surface area contributed by atoms with Crippen molar-refractivity contribution in [3.05, 3.63) is 29.3 Å². The molecule has 9 heteroatoms. The number of carbonyl (C=O) groups excluding carboxylic acids is 1. The van der Waals surface area contributed by atoms with E-state index in [-0.39, 0.29) is 11.2 Å². The summed E-state index contributed by atoms with van der Waals surface area (Å²) in [5.41, 5.74) is 0. The number of carbonyl (C=O) groups is 1. The number of aromatic nitrogens is 4. The molecule has 3 aromatic rings. The molecule has 3 aromatic heterocycles. The molecule has 0 spiro atoms. The van der Waals surface area contributed by atoms with Gasteiger partial charge in [0, 0.05) is 6.07 Å². The molecule has 1 atom stereocenters. The van der Waals surface area contributed by atoms with Crippen molar-refractivity contribution in [1.29, 1.82) is 0 Å². The van der Waals surface area contributed by atoms with Gasteiger partial charge in [0.2, 0.25) is 11.1 Å². The zero-order valence-electron chi connectivity index (χ0n) is 11.9. The Morgan fingerprint density at radius 1 is 1.55 bits per heavy atom. The van der Waals surface area contributed by atoms with E-state index in [4.69, 9.17) is 4.52 Å². The van der Waals surface area contributed by atoms with E-state index in [1.165, 1.54) is 11.8 Å². The first kappa shape index (κ1) is 14.8. The van der Waals surface area contributed by atoms with Crippen LogP contribution in [0.3, 0.4) is 0 Å². The highest BCUT2D eigenvalue weighted by atomic mass is 32.2. The van der Waals surface area contributed by atoms with Crippen molar-refractivity contribution in [3.63, 3.8) is 0 Å². The number of rotatable bonds is 5. The van der Waals surface area contributed by atoms with Crippen molar-refractivity contribution in [1.82, 2.24) is 20.3 Å². The molecule has 7 nitrogen and oxygen atoms in total. The number of nitrogens with zero attached hydrogens (tertiary/aromatic N) is 3. The van der Waals surface area contributed by atoms with Crippen LogP contribution in [0, 0.1) is 6.92 Å². The summed E-state index contributed by atoms with van der Waals surface area (Å²) < 4.78 is 4.91. The van der Waals surface area contributed by atoms with Crippen molar-refractivity contribution in [2.75, 3.05) is 5.32 Å². The Labute approximate surface area is 134 Å². The maximum atomic E-state index is 12.1. The van der Waals surface area contributed by atoms with Crippen molar-refractivity contribution in [2.24, 2.45) is 0 Å². The predicted octanol–water partition coefficient (Wildman–Crippen LogP) is 2.95. The number of amides is 1. The maximum absolute atomic E-state index is 12.1. The number of hydrogen-bond donors (Lipinski definition) is 2. The first-order valence-corrected chi connectivity index (χ1v) is 8.25. The maximum Gasteiger partial charge on any atom is 0.238 e. The van der Waals surface area contributed by atoms with Crippen LogP contribution in [-0.4, -0.2) is 31.5 Å². The van der Waals surface area contributed by atoms with E-state index >= 15 is 0 Å². The molecule has 3 rings (SSSR count). The molecule has 0 unspecified atom stereocenters. The van der Waals surface area contributed by atoms with E-state index in [0.29, 0.717) is 22.6 Å². The molecule has 0 bridgehead atoms. The smallest absolute Gasteiger partial charge is 0.238 e. The third kappa shape index (κ3) is 3.37. The largest absolute Gasteiger partial charge is 0.360 e. The Bertz CT molecular complexity index is 765. The molecule has 0 aliphatic rings. The van der Waals surface area contributed by atoms with Crippen LogP contribution in [0.2, 0.25) is 0 Å². The Kier molecular flexibility index (Phi) is 4.25. The summed E-state index contributed by atoms with van der Waals surface area (Å²) in [7, 11) is 0. The van der Waals surface area contributed by atoms with Crippen LogP contribution in [0.15, 0.2) is 33.3 Å². The van der Waals surface area contributed by atoms with Crippen molar-refractivity contribution in [2.45, 2.75) is 24.3 Å². The zero-order valence-corrected chi connectivity index (χ0v) is 13.5. The molecule has 1 amide bonds. The normalized spacial score (nSPS) is 12.3. The van der Waals surface area contributed by atoms with Gasteiger partial charge in [0.25, 0.3) is 0 Å². The lowest BCUT2D eigenvalue weighted by atomic mass is 10.4. The van der Waals surface area contributed by atoms with Crippen LogP contribution in [-0.2, 0) is 4.79 Å². The van der Waals surface area contributed by atoms with Gasteiger partial charge in [-0.3, -0.25) is 9.89 Å². The average Bonchev–Trinajstić information content (AvgIpc) is 3.20. The average molecular weight is 335 g/mol. The van der Waals surface area contributed by atoms with E-state index in [1.807, 2.05) is 17.5 Å². The second-order valence-corrected chi connectivity index (χ2v) is 6.77. The van der Waals surface area contributed by atoms with Crippen molar-refractivity contribution < 1.29 is 9.32 Å². The lowest BCUT2D eigenvalue weighted by Gasteiger charge is -2.07. The van der Waals surface area contributed by atoms with E-state index in [1.54, 1.807) is 31.3 Å². The van der Waals surface area contributed by atoms with Gasteiger partial charge in [0.05, 0.1) is 10.1 Å². The molecule has 0 saturated carbocycles. The molecule has 0 aliphatic heterocycles. The number of aromatic amines is 1. The van der Waals surface area contributed by atoms with Gasteiger partial charge >= 0.3 is 0 Å². The third-order valence-corrected chi connectivity index (χ3v) is 4.59. The van der Waals surface area contributed by atoms with Crippen molar-refractivity contribution in [3.8, 4) is 10.7 Å². The minimum atomic E-state index is -0.357. The molecule has 3 heterocycles. The second kappa shape index (κ2) is 6.32. The lowest BCUT2D eigenvalue weighted by Crippen LogP contribution is -2.22. The van der Waals surface area contributed by atoms with Gasteiger partial charge in [0.15, 0.2) is 11.6 Å². The van der Waals surface area contributed by atoms with Crippen LogP contribution in [0.1, 0.15) is 12.7 Å². The van der Waals surface area contributed by atoms with Gasteiger partial charge in [-0.05, 0) is 25.3 Å². The van der Waals surface area contributed by atoms with Crippen LogP contribution in [0.5, 0.6) is 0 Å². The quantitative estimate of drug-likeness (QED) is 0.696. The monoisotopic (exact) mass is 335 g/mol. The minimum absolute atomic E-state index is 0.180. The standard InChI is InChI=1S/C13H13N5O2S2/c1-7-6-10(18-20-7)14-12(19)8(2)22-13-15-11(16-17-13)9-4-3-5-21-9/h3-6,8H,1-2H3,(H,14,18,19)(H,15,16,17)/t8-/m0/s1. The molecule has 0 fully saturated rings. The number of nitrogens with one attached hydrogen (secondary N) is 2. The number of anilines is 1. The molecule has 0 aromatic carbocycles. The first-order valence-electron chi connectivity index (χ1n) is 6.49. The summed E-state index contributed by atoms with van der Waals surface area (Å²) in [6.07, 6.45) is 0. The first-order chi connectivity index (χ1) is 10.6. The van der Waals surface area contributed by atoms with E-state index < -0.39 is 0 Å². The van der Waals surface area contributed by atoms with Crippen LogP contribution in [0.4, 0.5) is 5.82 Å². The van der Waals surface area contributed by atoms with Crippen LogP contribution in [0.25, 0.3) is 10.7 Å². The third-order valence-electron chi connectivity index (χ3n) is 2.75. The van der Waals surface area contributed by atoms with Crippen LogP contribution >= 0.6 is 23.1 Å². The summed E-state index contributed by atoms with van der Waals surface area (Å²) in [5, 5.41) is 15.6. The fourth-order valence-electron chi connectivity index (χ4n) is 1.69.